The molecule has 1 N–H and O–H groups in total. The summed E-state index contributed by atoms with van der Waals surface area (Å²) in [6, 6.07) is 4.01. The van der Waals surface area contributed by atoms with E-state index in [9.17, 15) is 9.18 Å². The SMILES string of the molecule is Cc1cc(C(=O)Nc2c(Cl)ncnc2Cl)ccc1F. The standard InChI is InChI=1S/C12H8Cl2FN3O/c1-6-4-7(2-3-8(6)15)12(19)18-9-10(13)16-5-17-11(9)14/h2-5H,1H3,(H,18,19). The summed E-state index contributed by atoms with van der Waals surface area (Å²) in [6.07, 6.45) is 1.18. The van der Waals surface area contributed by atoms with Crippen LogP contribution in [0, 0.1) is 12.7 Å². The van der Waals surface area contributed by atoms with E-state index < -0.39 is 5.91 Å². The molecule has 2 rings (SSSR count). The Bertz CT molecular complexity index is 629. The van der Waals surface area contributed by atoms with Crippen LogP contribution in [-0.2, 0) is 0 Å². The van der Waals surface area contributed by atoms with E-state index in [2.05, 4.69) is 15.3 Å². The zero-order valence-corrected chi connectivity index (χ0v) is 11.3. The summed E-state index contributed by atoms with van der Waals surface area (Å²) in [7, 11) is 0. The van der Waals surface area contributed by atoms with Crippen molar-refractivity contribution in [1.82, 2.24) is 9.97 Å². The number of aryl methyl sites for hydroxylation is 1. The molecule has 0 fully saturated rings. The molecule has 98 valence electrons. The quantitative estimate of drug-likeness (QED) is 0.864. The normalized spacial score (nSPS) is 10.3. The third-order valence-corrected chi connectivity index (χ3v) is 2.99. The topological polar surface area (TPSA) is 54.9 Å². The van der Waals surface area contributed by atoms with Crippen molar-refractivity contribution in [3.63, 3.8) is 0 Å². The van der Waals surface area contributed by atoms with Gasteiger partial charge in [0.05, 0.1) is 0 Å². The molecule has 0 aliphatic heterocycles. The van der Waals surface area contributed by atoms with Gasteiger partial charge in [0.15, 0.2) is 10.3 Å². The molecular formula is C12H8Cl2FN3O. The minimum Gasteiger partial charge on any atom is -0.317 e. The summed E-state index contributed by atoms with van der Waals surface area (Å²) in [5, 5.41) is 2.56. The van der Waals surface area contributed by atoms with E-state index in [4.69, 9.17) is 23.2 Å². The lowest BCUT2D eigenvalue weighted by Gasteiger charge is -2.08. The predicted molar refractivity (Wildman–Crippen MR) is 71.1 cm³/mol. The molecule has 1 aromatic carbocycles. The maximum Gasteiger partial charge on any atom is 0.255 e. The monoisotopic (exact) mass is 299 g/mol. The van der Waals surface area contributed by atoms with Crippen molar-refractivity contribution in [2.45, 2.75) is 6.92 Å². The summed E-state index contributed by atoms with van der Waals surface area (Å²) in [5.74, 6) is -0.850. The fourth-order valence-electron chi connectivity index (χ4n) is 1.42. The van der Waals surface area contributed by atoms with Crippen molar-refractivity contribution >= 4 is 34.8 Å². The van der Waals surface area contributed by atoms with E-state index in [0.717, 1.165) is 0 Å². The van der Waals surface area contributed by atoms with Gasteiger partial charge >= 0.3 is 0 Å². The number of hydrogen-bond donors (Lipinski definition) is 1. The van der Waals surface area contributed by atoms with Gasteiger partial charge in [-0.1, -0.05) is 23.2 Å². The van der Waals surface area contributed by atoms with Gasteiger partial charge < -0.3 is 5.32 Å². The van der Waals surface area contributed by atoms with Crippen LogP contribution in [0.5, 0.6) is 0 Å². The maximum absolute atomic E-state index is 13.1. The number of anilines is 1. The van der Waals surface area contributed by atoms with Crippen molar-refractivity contribution in [1.29, 1.82) is 0 Å². The summed E-state index contributed by atoms with van der Waals surface area (Å²) < 4.78 is 13.1. The van der Waals surface area contributed by atoms with Gasteiger partial charge in [-0.2, -0.15) is 0 Å². The van der Waals surface area contributed by atoms with Crippen LogP contribution >= 0.6 is 23.2 Å². The smallest absolute Gasteiger partial charge is 0.255 e. The first-order chi connectivity index (χ1) is 8.99. The molecule has 1 amide bonds. The minimum atomic E-state index is -0.471. The van der Waals surface area contributed by atoms with E-state index in [1.807, 2.05) is 0 Å². The zero-order valence-electron chi connectivity index (χ0n) is 9.75. The van der Waals surface area contributed by atoms with Crippen molar-refractivity contribution < 1.29 is 9.18 Å². The number of nitrogens with zero attached hydrogens (tertiary/aromatic N) is 2. The Labute approximate surface area is 118 Å². The highest BCUT2D eigenvalue weighted by molar-refractivity contribution is 6.38. The zero-order chi connectivity index (χ0) is 14.0. The molecule has 7 heteroatoms. The van der Waals surface area contributed by atoms with E-state index in [-0.39, 0.29) is 27.4 Å². The molecule has 0 bridgehead atoms. The van der Waals surface area contributed by atoms with E-state index >= 15 is 0 Å². The van der Waals surface area contributed by atoms with E-state index in [1.165, 1.54) is 24.5 Å². The molecule has 0 saturated heterocycles. The first-order valence-corrected chi connectivity index (χ1v) is 5.98. The Morgan fingerprint density at radius 1 is 1.26 bits per heavy atom. The lowest BCUT2D eigenvalue weighted by Crippen LogP contribution is -2.13. The Balaban J connectivity index is 2.28. The molecular weight excluding hydrogens is 292 g/mol. The highest BCUT2D eigenvalue weighted by Crippen LogP contribution is 2.26. The van der Waals surface area contributed by atoms with Crippen LogP contribution in [0.25, 0.3) is 0 Å². The average molecular weight is 300 g/mol. The molecule has 1 heterocycles. The molecule has 0 aliphatic rings. The summed E-state index contributed by atoms with van der Waals surface area (Å²) in [5.41, 5.74) is 0.779. The van der Waals surface area contributed by atoms with Crippen LogP contribution in [0.15, 0.2) is 24.5 Å². The van der Waals surface area contributed by atoms with Gasteiger partial charge in [-0.3, -0.25) is 4.79 Å². The van der Waals surface area contributed by atoms with Gasteiger partial charge in [0.25, 0.3) is 5.91 Å². The van der Waals surface area contributed by atoms with Gasteiger partial charge in [-0.05, 0) is 30.7 Å². The summed E-state index contributed by atoms with van der Waals surface area (Å²) in [4.78, 5) is 19.4. The predicted octanol–water partition coefficient (Wildman–Crippen LogP) is 3.48. The lowest BCUT2D eigenvalue weighted by atomic mass is 10.1. The molecule has 0 spiro atoms. The largest absolute Gasteiger partial charge is 0.317 e. The highest BCUT2D eigenvalue weighted by atomic mass is 35.5. The first kappa shape index (κ1) is 13.7. The summed E-state index contributed by atoms with van der Waals surface area (Å²) in [6.45, 7) is 1.57. The molecule has 1 aromatic heterocycles. The Morgan fingerprint density at radius 3 is 2.47 bits per heavy atom. The second-order valence-electron chi connectivity index (χ2n) is 3.75. The van der Waals surface area contributed by atoms with E-state index in [1.54, 1.807) is 6.92 Å². The third-order valence-electron chi connectivity index (χ3n) is 2.41. The number of rotatable bonds is 2. The number of hydrogen-bond acceptors (Lipinski definition) is 3. The van der Waals surface area contributed by atoms with Crippen LogP contribution < -0.4 is 5.32 Å². The van der Waals surface area contributed by atoms with Crippen LogP contribution in [0.4, 0.5) is 10.1 Å². The molecule has 4 nitrogen and oxygen atoms in total. The molecule has 0 atom stereocenters. The number of benzene rings is 1. The van der Waals surface area contributed by atoms with Gasteiger partial charge in [0.1, 0.15) is 17.8 Å². The average Bonchev–Trinajstić information content (AvgIpc) is 2.37. The van der Waals surface area contributed by atoms with Gasteiger partial charge in [-0.25, -0.2) is 14.4 Å². The number of carbonyl (C=O) groups excluding carboxylic acids is 1. The second-order valence-corrected chi connectivity index (χ2v) is 4.46. The number of nitrogens with one attached hydrogen (secondary N) is 1. The molecule has 0 radical (unpaired) electrons. The highest BCUT2D eigenvalue weighted by Gasteiger charge is 2.14. The molecule has 0 unspecified atom stereocenters. The van der Waals surface area contributed by atoms with Crippen molar-refractivity contribution in [3.05, 3.63) is 51.8 Å². The van der Waals surface area contributed by atoms with Gasteiger partial charge in [-0.15, -0.1) is 0 Å². The molecule has 0 saturated carbocycles. The van der Waals surface area contributed by atoms with Crippen molar-refractivity contribution in [2.75, 3.05) is 5.32 Å². The third kappa shape index (κ3) is 3.00. The van der Waals surface area contributed by atoms with Crippen LogP contribution in [0.3, 0.4) is 0 Å². The van der Waals surface area contributed by atoms with Crippen LogP contribution in [-0.4, -0.2) is 15.9 Å². The van der Waals surface area contributed by atoms with Gasteiger partial charge in [0.2, 0.25) is 0 Å². The number of amides is 1. The Kier molecular flexibility index (Phi) is 3.97. The van der Waals surface area contributed by atoms with Gasteiger partial charge in [0, 0.05) is 5.56 Å². The number of aromatic nitrogens is 2. The molecule has 2 aromatic rings. The number of halogens is 3. The second kappa shape index (κ2) is 5.50. The van der Waals surface area contributed by atoms with Crippen molar-refractivity contribution in [2.24, 2.45) is 0 Å². The first-order valence-electron chi connectivity index (χ1n) is 5.22. The lowest BCUT2D eigenvalue weighted by molar-refractivity contribution is 0.102. The fourth-order valence-corrected chi connectivity index (χ4v) is 1.83. The maximum atomic E-state index is 13.1. The van der Waals surface area contributed by atoms with Crippen molar-refractivity contribution in [3.8, 4) is 0 Å². The summed E-state index contributed by atoms with van der Waals surface area (Å²) >= 11 is 11.6. The van der Waals surface area contributed by atoms with E-state index in [0.29, 0.717) is 5.56 Å². The molecule has 19 heavy (non-hydrogen) atoms. The Morgan fingerprint density at radius 2 is 1.89 bits per heavy atom. The fraction of sp³-hybridized carbons (Fsp3) is 0.0833. The van der Waals surface area contributed by atoms with Crippen LogP contribution in [0.2, 0.25) is 10.3 Å². The van der Waals surface area contributed by atoms with Crippen LogP contribution in [0.1, 0.15) is 15.9 Å². The Hall–Kier alpha value is -1.72. The number of carbonyl (C=O) groups is 1. The minimum absolute atomic E-state index is 0.0344. The molecule has 0 aliphatic carbocycles.